The van der Waals surface area contributed by atoms with Gasteiger partial charge < -0.3 is 24.2 Å². The third-order valence-corrected chi connectivity index (χ3v) is 9.08. The first-order valence-electron chi connectivity index (χ1n) is 13.5. The van der Waals surface area contributed by atoms with E-state index in [9.17, 15) is 34.0 Å². The number of aromatic nitrogens is 4. The molecular weight excluding hydrogens is 623 g/mol. The van der Waals surface area contributed by atoms with Crippen LogP contribution >= 0.6 is 19.2 Å². The average molecular weight is 653 g/mol. The van der Waals surface area contributed by atoms with Gasteiger partial charge in [0.15, 0.2) is 0 Å². The molecule has 3 aromatic rings. The molecule has 2 aliphatic heterocycles. The third-order valence-electron chi connectivity index (χ3n) is 7.21. The summed E-state index contributed by atoms with van der Waals surface area (Å²) in [4.78, 5) is 52.7. The Morgan fingerprint density at radius 1 is 1.00 bits per heavy atom. The van der Waals surface area contributed by atoms with E-state index in [2.05, 4.69) is 9.97 Å². The molecule has 0 bridgehead atoms. The maximum Gasteiger partial charge on any atom is 0.403 e. The number of hydrogen-bond acceptors (Lipinski definition) is 11. The van der Waals surface area contributed by atoms with E-state index in [0.717, 1.165) is 15.0 Å². The van der Waals surface area contributed by atoms with Crippen LogP contribution in [0, 0.1) is 13.8 Å². The second kappa shape index (κ2) is 12.8. The monoisotopic (exact) mass is 652 g/mol. The van der Waals surface area contributed by atoms with Crippen molar-refractivity contribution in [3.8, 4) is 5.75 Å². The molecule has 1 aromatic carbocycles. The Morgan fingerprint density at radius 3 is 2.18 bits per heavy atom. The number of nitrogens with zero attached hydrogens (tertiary/aromatic N) is 2. The summed E-state index contributed by atoms with van der Waals surface area (Å²) in [6.45, 7) is 2.47. The molecule has 2 saturated heterocycles. The van der Waals surface area contributed by atoms with Gasteiger partial charge in [-0.25, -0.2) is 14.2 Å². The summed E-state index contributed by atoms with van der Waals surface area (Å²) < 4.78 is 39.9. The first-order chi connectivity index (χ1) is 20.9. The number of benzene rings is 1. The Morgan fingerprint density at radius 2 is 1.59 bits per heavy atom. The van der Waals surface area contributed by atoms with Crippen LogP contribution in [0.2, 0.25) is 5.02 Å². The van der Waals surface area contributed by atoms with E-state index >= 15 is 0 Å². The van der Waals surface area contributed by atoms with Gasteiger partial charge in [0, 0.05) is 42.2 Å². The summed E-state index contributed by atoms with van der Waals surface area (Å²) >= 11 is 6.25. The van der Waals surface area contributed by atoms with Crippen molar-refractivity contribution in [2.24, 2.45) is 0 Å². The Balaban J connectivity index is 1.41. The van der Waals surface area contributed by atoms with Crippen LogP contribution in [0.1, 0.15) is 36.4 Å². The second-order valence-electron chi connectivity index (χ2n) is 10.4. The molecule has 0 spiro atoms. The summed E-state index contributed by atoms with van der Waals surface area (Å²) in [5.41, 5.74) is -2.05. The fourth-order valence-electron chi connectivity index (χ4n) is 4.89. The predicted molar refractivity (Wildman–Crippen MR) is 156 cm³/mol. The zero-order valence-electron chi connectivity index (χ0n) is 23.5. The van der Waals surface area contributed by atoms with E-state index < -0.39 is 73.6 Å². The maximum absolute atomic E-state index is 14.2. The molecule has 236 valence electrons. The number of H-pyrrole nitrogens is 2. The molecule has 15 nitrogen and oxygen atoms in total. The molecule has 0 radical (unpaired) electrons. The Bertz CT molecular complexity index is 1850. The predicted octanol–water partition coefficient (Wildman–Crippen LogP) is 1.46. The third kappa shape index (κ3) is 6.74. The normalized spacial score (nSPS) is 26.7. The van der Waals surface area contributed by atoms with Crippen LogP contribution in [0.4, 0.5) is 0 Å². The van der Waals surface area contributed by atoms with Crippen LogP contribution < -0.4 is 27.0 Å². The van der Waals surface area contributed by atoms with Gasteiger partial charge in [0.25, 0.3) is 11.1 Å². The van der Waals surface area contributed by atoms with Gasteiger partial charge in [-0.05, 0) is 32.1 Å². The maximum atomic E-state index is 14.2. The lowest BCUT2D eigenvalue weighted by Gasteiger charge is -2.23. The Kier molecular flexibility index (Phi) is 9.28. The van der Waals surface area contributed by atoms with Crippen LogP contribution in [0.25, 0.3) is 0 Å². The molecule has 0 saturated carbocycles. The van der Waals surface area contributed by atoms with E-state index in [1.165, 1.54) is 44.4 Å². The lowest BCUT2D eigenvalue weighted by Crippen LogP contribution is -2.33. The number of nitrogens with one attached hydrogen (secondary N) is 2. The fraction of sp³-hybridized carbons (Fsp3) is 0.407. The number of aliphatic hydroxyl groups excluding tert-OH is 2. The average Bonchev–Trinajstić information content (AvgIpc) is 3.55. The van der Waals surface area contributed by atoms with Crippen molar-refractivity contribution in [1.82, 2.24) is 19.1 Å². The van der Waals surface area contributed by atoms with Crippen molar-refractivity contribution in [2.75, 3.05) is 6.61 Å². The van der Waals surface area contributed by atoms with Gasteiger partial charge in [-0.3, -0.25) is 33.2 Å². The molecule has 17 heteroatoms. The highest BCUT2D eigenvalue weighted by atomic mass is 35.5. The van der Waals surface area contributed by atoms with Gasteiger partial charge >= 0.3 is 19.0 Å². The van der Waals surface area contributed by atoms with E-state index in [1.807, 2.05) is 0 Å². The highest BCUT2D eigenvalue weighted by Gasteiger charge is 2.43. The smallest absolute Gasteiger partial charge is 0.403 e. The number of aryl methyl sites for hydroxylation is 2. The molecule has 2 aliphatic rings. The number of para-hydroxylation sites is 1. The topological polar surface area (TPSA) is 204 Å². The van der Waals surface area contributed by atoms with Crippen molar-refractivity contribution in [3.63, 3.8) is 0 Å². The second-order valence-corrected chi connectivity index (χ2v) is 12.6. The van der Waals surface area contributed by atoms with Crippen LogP contribution in [0.15, 0.2) is 67.7 Å². The van der Waals surface area contributed by atoms with Crippen molar-refractivity contribution in [3.05, 3.63) is 106 Å². The lowest BCUT2D eigenvalue weighted by atomic mass is 10.2. The number of ether oxygens (including phenoxy) is 2. The molecule has 0 aliphatic carbocycles. The van der Waals surface area contributed by atoms with Crippen molar-refractivity contribution < 1.29 is 33.3 Å². The van der Waals surface area contributed by atoms with Gasteiger partial charge in [-0.1, -0.05) is 23.7 Å². The summed E-state index contributed by atoms with van der Waals surface area (Å²) in [7, 11) is -4.32. The van der Waals surface area contributed by atoms with Gasteiger partial charge in [0.1, 0.15) is 36.5 Å². The molecule has 7 atom stereocenters. The van der Waals surface area contributed by atoms with Crippen LogP contribution in [-0.2, 0) is 18.6 Å². The molecule has 44 heavy (non-hydrogen) atoms. The number of hydrogen-bond donors (Lipinski definition) is 4. The number of aliphatic hydroxyl groups is 2. The molecule has 2 fully saturated rings. The fourth-order valence-corrected chi connectivity index (χ4v) is 6.70. The van der Waals surface area contributed by atoms with Crippen LogP contribution in [0.5, 0.6) is 5.75 Å². The number of halogens is 1. The van der Waals surface area contributed by atoms with Crippen LogP contribution in [-0.4, -0.2) is 60.3 Å². The van der Waals surface area contributed by atoms with E-state index in [4.69, 9.17) is 30.1 Å². The van der Waals surface area contributed by atoms with Crippen molar-refractivity contribution in [2.45, 2.75) is 63.6 Å². The largest absolute Gasteiger partial charge is 0.420 e. The molecule has 4 N–H and O–H groups in total. The quantitative estimate of drug-likeness (QED) is 0.244. The minimum atomic E-state index is -4.32. The first-order valence-corrected chi connectivity index (χ1v) is 15.5. The highest BCUT2D eigenvalue weighted by molar-refractivity contribution is 7.57. The molecule has 2 aromatic heterocycles. The summed E-state index contributed by atoms with van der Waals surface area (Å²) in [6, 6.07) is 6.22. The minimum absolute atomic E-state index is 0.0189. The zero-order valence-corrected chi connectivity index (χ0v) is 25.1. The standard InChI is InChI=1S/C27H30ClN4O11P/c1-14-11-31(26(37)29-24(14)35)22-9-17(34)19(40-22)7-8-44(39,42-18-6-4-3-5-16(18)28)43-20-10-23(41-21(20)13-33)32-12-15(2)25(36)30-27(32)38/h3-8,11-12,17,19-23,33-34H,9-10,13H2,1-2H3,(H,29,35,37)(H,30,36,38)/b8-7+/t17-,19+,20-,21+,22+,23+,44?/m0/s1. The van der Waals surface area contributed by atoms with Crippen LogP contribution in [0.3, 0.4) is 0 Å². The summed E-state index contributed by atoms with van der Waals surface area (Å²) in [5, 5.41) is 20.8. The Labute approximate surface area is 253 Å². The summed E-state index contributed by atoms with van der Waals surface area (Å²) in [6.07, 6.45) is -2.38. The van der Waals surface area contributed by atoms with E-state index in [-0.39, 0.29) is 34.7 Å². The van der Waals surface area contributed by atoms with Gasteiger partial charge in [0.2, 0.25) is 0 Å². The molecule has 1 unspecified atom stereocenters. The van der Waals surface area contributed by atoms with Gasteiger partial charge in [-0.2, -0.15) is 0 Å². The molecular formula is C27H30ClN4O11P. The molecule has 5 rings (SSSR count). The zero-order chi connectivity index (χ0) is 31.8. The van der Waals surface area contributed by atoms with Gasteiger partial charge in [-0.15, -0.1) is 0 Å². The van der Waals surface area contributed by atoms with Crippen molar-refractivity contribution in [1.29, 1.82) is 0 Å². The molecule has 4 heterocycles. The number of aromatic amines is 2. The SMILES string of the molecule is Cc1cn([C@H]2C[C@H](O)[C@@H](/C=C/P(=O)(Oc3ccccc3Cl)O[C@H]3C[C@H](n4cc(C)c(=O)[nH]c4=O)O[C@@H]3CO)O2)c(=O)[nH]c1=O. The Hall–Kier alpha value is -3.56. The minimum Gasteiger partial charge on any atom is -0.420 e. The van der Waals surface area contributed by atoms with Gasteiger partial charge in [0.05, 0.1) is 17.7 Å². The van der Waals surface area contributed by atoms with Crippen molar-refractivity contribution >= 4 is 19.2 Å². The first kappa shape index (κ1) is 31.9. The van der Waals surface area contributed by atoms with E-state index in [0.29, 0.717) is 0 Å². The lowest BCUT2D eigenvalue weighted by molar-refractivity contribution is -0.0428. The highest BCUT2D eigenvalue weighted by Crippen LogP contribution is 2.54. The number of rotatable bonds is 9. The molecule has 0 amide bonds. The summed E-state index contributed by atoms with van der Waals surface area (Å²) in [5.74, 6) is 1.10. The van der Waals surface area contributed by atoms with E-state index in [1.54, 1.807) is 12.1 Å².